The van der Waals surface area contributed by atoms with Crippen molar-refractivity contribution in [3.8, 4) is 0 Å². The summed E-state index contributed by atoms with van der Waals surface area (Å²) < 4.78 is 12.7. The Bertz CT molecular complexity index is 293. The van der Waals surface area contributed by atoms with Gasteiger partial charge in [-0.05, 0) is 23.8 Å². The molecule has 0 spiro atoms. The van der Waals surface area contributed by atoms with Crippen LogP contribution in [0.5, 0.6) is 0 Å². The largest absolute Gasteiger partial charge is 0.391 e. The summed E-state index contributed by atoms with van der Waals surface area (Å²) in [5.74, 6) is -0.358. The SMILES string of the molecule is NCC(O)Cc1cc(F)ccc1Cl. The van der Waals surface area contributed by atoms with Gasteiger partial charge in [-0.15, -0.1) is 0 Å². The van der Waals surface area contributed by atoms with Crippen LogP contribution in [0.4, 0.5) is 4.39 Å². The van der Waals surface area contributed by atoms with Crippen molar-refractivity contribution in [1.29, 1.82) is 0 Å². The number of benzene rings is 1. The van der Waals surface area contributed by atoms with E-state index in [4.69, 9.17) is 17.3 Å². The van der Waals surface area contributed by atoms with Crippen LogP contribution in [0.2, 0.25) is 5.02 Å². The van der Waals surface area contributed by atoms with E-state index in [1.165, 1.54) is 18.2 Å². The number of halogens is 2. The van der Waals surface area contributed by atoms with Crippen LogP contribution in [0.25, 0.3) is 0 Å². The molecule has 0 heterocycles. The molecule has 3 N–H and O–H groups in total. The molecule has 0 aliphatic rings. The first-order chi connectivity index (χ1) is 6.13. The molecule has 0 saturated carbocycles. The van der Waals surface area contributed by atoms with Gasteiger partial charge in [-0.3, -0.25) is 0 Å². The molecule has 0 aromatic heterocycles. The minimum Gasteiger partial charge on any atom is -0.391 e. The van der Waals surface area contributed by atoms with E-state index < -0.39 is 6.10 Å². The van der Waals surface area contributed by atoms with E-state index in [1.54, 1.807) is 0 Å². The molecule has 72 valence electrons. The van der Waals surface area contributed by atoms with Crippen LogP contribution in [0.3, 0.4) is 0 Å². The molecule has 4 heteroatoms. The molecule has 0 bridgehead atoms. The zero-order valence-corrected chi connectivity index (χ0v) is 7.76. The van der Waals surface area contributed by atoms with Gasteiger partial charge in [0.25, 0.3) is 0 Å². The quantitative estimate of drug-likeness (QED) is 0.779. The number of hydrogen-bond donors (Lipinski definition) is 2. The van der Waals surface area contributed by atoms with Gasteiger partial charge in [-0.2, -0.15) is 0 Å². The van der Waals surface area contributed by atoms with Gasteiger partial charge < -0.3 is 10.8 Å². The highest BCUT2D eigenvalue weighted by molar-refractivity contribution is 6.31. The van der Waals surface area contributed by atoms with E-state index in [9.17, 15) is 9.50 Å². The molecule has 2 nitrogen and oxygen atoms in total. The van der Waals surface area contributed by atoms with Gasteiger partial charge in [0.1, 0.15) is 5.82 Å². The second kappa shape index (κ2) is 4.56. The Kier molecular flexibility index (Phi) is 3.66. The molecule has 0 aliphatic heterocycles. The van der Waals surface area contributed by atoms with Gasteiger partial charge in [-0.1, -0.05) is 11.6 Å². The van der Waals surface area contributed by atoms with Crippen molar-refractivity contribution in [2.75, 3.05) is 6.54 Å². The summed E-state index contributed by atoms with van der Waals surface area (Å²) in [6.45, 7) is 0.146. The Morgan fingerprint density at radius 2 is 2.23 bits per heavy atom. The minimum absolute atomic E-state index is 0.146. The average Bonchev–Trinajstić information content (AvgIpc) is 2.11. The fourth-order valence-corrected chi connectivity index (χ4v) is 1.23. The van der Waals surface area contributed by atoms with Crippen LogP contribution in [-0.2, 0) is 6.42 Å². The number of rotatable bonds is 3. The Labute approximate surface area is 81.1 Å². The lowest BCUT2D eigenvalue weighted by Gasteiger charge is -2.08. The van der Waals surface area contributed by atoms with Crippen molar-refractivity contribution in [3.05, 3.63) is 34.6 Å². The van der Waals surface area contributed by atoms with Crippen molar-refractivity contribution in [2.24, 2.45) is 5.73 Å². The second-order valence-electron chi connectivity index (χ2n) is 2.83. The normalized spacial score (nSPS) is 12.9. The standard InChI is InChI=1S/C9H11ClFNO/c10-9-2-1-7(11)3-6(9)4-8(13)5-12/h1-3,8,13H,4-5,12H2. The number of hydrogen-bond acceptors (Lipinski definition) is 2. The Balaban J connectivity index is 2.81. The smallest absolute Gasteiger partial charge is 0.123 e. The maximum atomic E-state index is 12.7. The van der Waals surface area contributed by atoms with Crippen molar-refractivity contribution in [3.63, 3.8) is 0 Å². The molecule has 0 radical (unpaired) electrons. The van der Waals surface area contributed by atoms with Gasteiger partial charge in [0.05, 0.1) is 6.10 Å². The van der Waals surface area contributed by atoms with E-state index in [0.717, 1.165) is 0 Å². The molecule has 1 aromatic rings. The topological polar surface area (TPSA) is 46.2 Å². The lowest BCUT2D eigenvalue weighted by Crippen LogP contribution is -2.22. The van der Waals surface area contributed by atoms with Gasteiger partial charge in [0.2, 0.25) is 0 Å². The molecule has 1 unspecified atom stereocenters. The van der Waals surface area contributed by atoms with E-state index in [0.29, 0.717) is 10.6 Å². The molecule has 1 aromatic carbocycles. The van der Waals surface area contributed by atoms with Gasteiger partial charge in [0, 0.05) is 18.0 Å². The van der Waals surface area contributed by atoms with Crippen molar-refractivity contribution in [2.45, 2.75) is 12.5 Å². The Morgan fingerprint density at radius 3 is 2.85 bits per heavy atom. The highest BCUT2D eigenvalue weighted by atomic mass is 35.5. The molecular formula is C9H11ClFNO. The summed E-state index contributed by atoms with van der Waals surface area (Å²) >= 11 is 5.78. The van der Waals surface area contributed by atoms with E-state index in [-0.39, 0.29) is 18.8 Å². The van der Waals surface area contributed by atoms with E-state index >= 15 is 0 Å². The van der Waals surface area contributed by atoms with Crippen molar-refractivity contribution >= 4 is 11.6 Å². The number of aliphatic hydroxyl groups is 1. The number of nitrogens with two attached hydrogens (primary N) is 1. The Hall–Kier alpha value is -0.640. The van der Waals surface area contributed by atoms with Crippen LogP contribution in [0, 0.1) is 5.82 Å². The predicted molar refractivity (Wildman–Crippen MR) is 50.2 cm³/mol. The summed E-state index contributed by atoms with van der Waals surface area (Å²) in [5.41, 5.74) is 5.80. The zero-order chi connectivity index (χ0) is 9.84. The minimum atomic E-state index is -0.667. The molecule has 13 heavy (non-hydrogen) atoms. The average molecular weight is 204 g/mol. The second-order valence-corrected chi connectivity index (χ2v) is 3.24. The number of aliphatic hydroxyl groups excluding tert-OH is 1. The van der Waals surface area contributed by atoms with E-state index in [1.807, 2.05) is 0 Å². The fraction of sp³-hybridized carbons (Fsp3) is 0.333. The van der Waals surface area contributed by atoms with Crippen molar-refractivity contribution < 1.29 is 9.50 Å². The first-order valence-electron chi connectivity index (χ1n) is 3.95. The van der Waals surface area contributed by atoms with E-state index in [2.05, 4.69) is 0 Å². The van der Waals surface area contributed by atoms with Crippen LogP contribution in [-0.4, -0.2) is 17.8 Å². The molecule has 1 rings (SSSR count). The molecule has 0 fully saturated rings. The lowest BCUT2D eigenvalue weighted by atomic mass is 10.1. The summed E-state index contributed by atoms with van der Waals surface area (Å²) in [4.78, 5) is 0. The molecule has 0 saturated heterocycles. The molecule has 0 aliphatic carbocycles. The van der Waals surface area contributed by atoms with Gasteiger partial charge >= 0.3 is 0 Å². The van der Waals surface area contributed by atoms with Gasteiger partial charge in [-0.25, -0.2) is 4.39 Å². The first kappa shape index (κ1) is 10.4. The van der Waals surface area contributed by atoms with Crippen LogP contribution >= 0.6 is 11.6 Å². The lowest BCUT2D eigenvalue weighted by molar-refractivity contribution is 0.183. The summed E-state index contributed by atoms with van der Waals surface area (Å²) in [7, 11) is 0. The Morgan fingerprint density at radius 1 is 1.54 bits per heavy atom. The summed E-state index contributed by atoms with van der Waals surface area (Å²) in [6.07, 6.45) is -0.383. The zero-order valence-electron chi connectivity index (χ0n) is 7.00. The summed E-state index contributed by atoms with van der Waals surface area (Å²) in [5, 5.41) is 9.67. The molecular weight excluding hydrogens is 193 g/mol. The first-order valence-corrected chi connectivity index (χ1v) is 4.33. The fourth-order valence-electron chi connectivity index (χ4n) is 1.04. The maximum absolute atomic E-state index is 12.7. The molecule has 0 amide bonds. The van der Waals surface area contributed by atoms with Crippen LogP contribution in [0.15, 0.2) is 18.2 Å². The maximum Gasteiger partial charge on any atom is 0.123 e. The molecule has 1 atom stereocenters. The highest BCUT2D eigenvalue weighted by Gasteiger charge is 2.07. The third-order valence-electron chi connectivity index (χ3n) is 1.74. The van der Waals surface area contributed by atoms with Crippen molar-refractivity contribution in [1.82, 2.24) is 0 Å². The van der Waals surface area contributed by atoms with Gasteiger partial charge in [0.15, 0.2) is 0 Å². The van der Waals surface area contributed by atoms with Crippen LogP contribution < -0.4 is 5.73 Å². The highest BCUT2D eigenvalue weighted by Crippen LogP contribution is 2.18. The predicted octanol–water partition coefficient (Wildman–Crippen LogP) is 1.34. The van der Waals surface area contributed by atoms with Crippen LogP contribution in [0.1, 0.15) is 5.56 Å². The monoisotopic (exact) mass is 203 g/mol. The third-order valence-corrected chi connectivity index (χ3v) is 2.10. The summed E-state index contributed by atoms with van der Waals surface area (Å²) in [6, 6.07) is 4.05. The third kappa shape index (κ3) is 2.95.